The van der Waals surface area contributed by atoms with Crippen LogP contribution in [0.2, 0.25) is 0 Å². The Morgan fingerprint density at radius 2 is 1.88 bits per heavy atom. The Morgan fingerprint density at radius 3 is 2.50 bits per heavy atom. The van der Waals surface area contributed by atoms with Gasteiger partial charge in [0.1, 0.15) is 0 Å². The second kappa shape index (κ2) is 7.70. The third-order valence-electron chi connectivity index (χ3n) is 3.32. The number of nitrogen functional groups attached to an aromatic ring is 1. The Balaban J connectivity index is 2.27. The molecule has 9 heteroatoms. The number of nitrogens with two attached hydrogens (primary N) is 1. The zero-order chi connectivity index (χ0) is 17.7. The Hall–Kier alpha value is -2.02. The second-order valence-corrected chi connectivity index (χ2v) is 7.15. The fourth-order valence-corrected chi connectivity index (χ4v) is 3.85. The second-order valence-electron chi connectivity index (χ2n) is 4.97. The van der Waals surface area contributed by atoms with Crippen molar-refractivity contribution in [2.75, 3.05) is 25.2 Å². The number of carbonyl (C=O) groups excluding carboxylic acids is 1. The average Bonchev–Trinajstić information content (AvgIpc) is 2.56. The molecule has 2 N–H and O–H groups in total. The minimum atomic E-state index is -3.36. The largest absolute Gasteiger partial charge is 0.336 e. The molecule has 0 amide bonds. The molecule has 0 bridgehead atoms. The number of rotatable bonds is 8. The van der Waals surface area contributed by atoms with E-state index < -0.39 is 18.9 Å². The van der Waals surface area contributed by atoms with Gasteiger partial charge in [0.05, 0.1) is 30.4 Å². The van der Waals surface area contributed by atoms with Crippen molar-refractivity contribution in [1.82, 2.24) is 9.66 Å². The Bertz CT molecular complexity index is 839. The number of nitrogens with zero attached hydrogens (tertiary/aromatic N) is 2. The first-order valence-corrected chi connectivity index (χ1v) is 9.33. The molecule has 0 unspecified atom stereocenters. The number of fused-ring (bicyclic) bond motifs is 1. The number of hydrogen-bond acceptors (Lipinski definition) is 7. The first-order valence-electron chi connectivity index (χ1n) is 7.60. The van der Waals surface area contributed by atoms with Gasteiger partial charge in [-0.2, -0.15) is 0 Å². The molecule has 0 spiro atoms. The van der Waals surface area contributed by atoms with Crippen molar-refractivity contribution in [3.63, 3.8) is 0 Å². The zero-order valence-electron chi connectivity index (χ0n) is 13.6. The van der Waals surface area contributed by atoms with Crippen LogP contribution in [0.25, 0.3) is 11.0 Å². The Labute approximate surface area is 139 Å². The van der Waals surface area contributed by atoms with E-state index in [0.717, 1.165) is 4.68 Å². The van der Waals surface area contributed by atoms with E-state index in [1.165, 1.54) is 0 Å². The summed E-state index contributed by atoms with van der Waals surface area (Å²) in [5.41, 5.74) is -0.119. The highest BCUT2D eigenvalue weighted by molar-refractivity contribution is 7.53. The molecule has 0 fully saturated rings. The van der Waals surface area contributed by atoms with Crippen LogP contribution in [-0.4, -0.2) is 34.8 Å². The molecule has 0 saturated carbocycles. The van der Waals surface area contributed by atoms with Crippen molar-refractivity contribution < 1.29 is 18.4 Å². The van der Waals surface area contributed by atoms with Crippen LogP contribution in [0, 0.1) is 0 Å². The number of ketones is 1. The first kappa shape index (κ1) is 18.3. The van der Waals surface area contributed by atoms with E-state index in [4.69, 9.17) is 14.9 Å². The molecule has 2 rings (SSSR count). The summed E-state index contributed by atoms with van der Waals surface area (Å²) < 4.78 is 23.5. The summed E-state index contributed by atoms with van der Waals surface area (Å²) in [7, 11) is -3.36. The smallest absolute Gasteiger partial charge is 0.331 e. The zero-order valence-corrected chi connectivity index (χ0v) is 14.5. The topological polar surface area (TPSA) is 114 Å². The minimum absolute atomic E-state index is 0.119. The van der Waals surface area contributed by atoms with Gasteiger partial charge in [-0.05, 0) is 26.0 Å². The predicted molar refractivity (Wildman–Crippen MR) is 90.8 cm³/mol. The van der Waals surface area contributed by atoms with E-state index in [1.807, 2.05) is 0 Å². The summed E-state index contributed by atoms with van der Waals surface area (Å²) in [6.07, 6.45) is -0.302. The standard InChI is InChI=1S/C15H20N3O5P/c1-3-22-24(21,23-4-2)10-9-13(19)14-15(20)18(16)12-8-6-5-7-11(12)17-14/h5-8H,3-4,9-10,16H2,1-2H3. The lowest BCUT2D eigenvalue weighted by Gasteiger charge is -2.16. The number of hydrogen-bond donors (Lipinski definition) is 1. The molecule has 2 aromatic rings. The normalized spacial score (nSPS) is 11.8. The van der Waals surface area contributed by atoms with Gasteiger partial charge in [0.25, 0.3) is 5.56 Å². The molecule has 130 valence electrons. The molecule has 1 heterocycles. The highest BCUT2D eigenvalue weighted by Crippen LogP contribution is 2.48. The van der Waals surface area contributed by atoms with E-state index in [1.54, 1.807) is 38.1 Å². The maximum Gasteiger partial charge on any atom is 0.331 e. The summed E-state index contributed by atoms with van der Waals surface area (Å²) in [5.74, 6) is 5.19. The number of carbonyl (C=O) groups is 1. The summed E-state index contributed by atoms with van der Waals surface area (Å²) in [6, 6.07) is 6.73. The molecule has 8 nitrogen and oxygen atoms in total. The third kappa shape index (κ3) is 3.90. The monoisotopic (exact) mass is 353 g/mol. The van der Waals surface area contributed by atoms with Crippen molar-refractivity contribution in [1.29, 1.82) is 0 Å². The maximum absolute atomic E-state index is 12.4. The minimum Gasteiger partial charge on any atom is -0.336 e. The van der Waals surface area contributed by atoms with Gasteiger partial charge in [-0.25, -0.2) is 9.66 Å². The van der Waals surface area contributed by atoms with Gasteiger partial charge in [0, 0.05) is 6.42 Å². The van der Waals surface area contributed by atoms with Crippen LogP contribution < -0.4 is 11.4 Å². The lowest BCUT2D eigenvalue weighted by molar-refractivity contribution is 0.0978. The number of aromatic nitrogens is 2. The van der Waals surface area contributed by atoms with E-state index in [0.29, 0.717) is 11.0 Å². The average molecular weight is 353 g/mol. The van der Waals surface area contributed by atoms with Crippen molar-refractivity contribution in [2.45, 2.75) is 20.3 Å². The van der Waals surface area contributed by atoms with Crippen molar-refractivity contribution in [3.8, 4) is 0 Å². The lowest BCUT2D eigenvalue weighted by Crippen LogP contribution is -2.33. The van der Waals surface area contributed by atoms with Gasteiger partial charge in [-0.1, -0.05) is 12.1 Å². The molecule has 1 aromatic carbocycles. The molecule has 0 atom stereocenters. The van der Waals surface area contributed by atoms with Crippen molar-refractivity contribution >= 4 is 24.4 Å². The maximum atomic E-state index is 12.4. The molecule has 0 radical (unpaired) electrons. The van der Waals surface area contributed by atoms with Gasteiger partial charge in [-0.3, -0.25) is 14.2 Å². The third-order valence-corrected chi connectivity index (χ3v) is 5.40. The van der Waals surface area contributed by atoms with Crippen molar-refractivity contribution in [3.05, 3.63) is 40.3 Å². The summed E-state index contributed by atoms with van der Waals surface area (Å²) >= 11 is 0. The van der Waals surface area contributed by atoms with Gasteiger partial charge < -0.3 is 14.9 Å². The van der Waals surface area contributed by atoms with Crippen LogP contribution in [0.3, 0.4) is 0 Å². The number of benzene rings is 1. The van der Waals surface area contributed by atoms with Gasteiger partial charge in [-0.15, -0.1) is 0 Å². The van der Waals surface area contributed by atoms with E-state index >= 15 is 0 Å². The van der Waals surface area contributed by atoms with E-state index in [2.05, 4.69) is 4.98 Å². The Kier molecular flexibility index (Phi) is 5.88. The molecule has 0 aliphatic carbocycles. The predicted octanol–water partition coefficient (Wildman–Crippen LogP) is 1.95. The van der Waals surface area contributed by atoms with Gasteiger partial charge in [0.2, 0.25) is 0 Å². The van der Waals surface area contributed by atoms with Crippen LogP contribution in [0.1, 0.15) is 30.8 Å². The van der Waals surface area contributed by atoms with Crippen LogP contribution in [0.5, 0.6) is 0 Å². The molecule has 24 heavy (non-hydrogen) atoms. The molecular formula is C15H20N3O5P. The van der Waals surface area contributed by atoms with E-state index in [9.17, 15) is 14.2 Å². The van der Waals surface area contributed by atoms with Crippen LogP contribution in [0.4, 0.5) is 0 Å². The van der Waals surface area contributed by atoms with Gasteiger partial charge in [0.15, 0.2) is 11.5 Å². The molecule has 0 aliphatic heterocycles. The molecule has 0 saturated heterocycles. The SMILES string of the molecule is CCOP(=O)(CCC(=O)c1nc2ccccc2n(N)c1=O)OCC. The fourth-order valence-electron chi connectivity index (χ4n) is 2.25. The lowest BCUT2D eigenvalue weighted by atomic mass is 10.2. The molecule has 0 aliphatic rings. The Morgan fingerprint density at radius 1 is 1.25 bits per heavy atom. The van der Waals surface area contributed by atoms with Crippen molar-refractivity contribution in [2.24, 2.45) is 0 Å². The summed E-state index contributed by atoms with van der Waals surface area (Å²) in [6.45, 7) is 3.78. The number of Topliss-reactive ketones (excluding diaryl/α,β-unsaturated/α-hetero) is 1. The summed E-state index contributed by atoms with van der Waals surface area (Å²) in [4.78, 5) is 28.7. The number of para-hydroxylation sites is 2. The quantitative estimate of drug-likeness (QED) is 0.438. The van der Waals surface area contributed by atoms with Crippen LogP contribution in [0.15, 0.2) is 29.1 Å². The van der Waals surface area contributed by atoms with Crippen LogP contribution >= 0.6 is 7.60 Å². The van der Waals surface area contributed by atoms with E-state index in [-0.39, 0.29) is 31.5 Å². The van der Waals surface area contributed by atoms with Gasteiger partial charge >= 0.3 is 7.60 Å². The molecular weight excluding hydrogens is 333 g/mol. The fraction of sp³-hybridized carbons (Fsp3) is 0.400. The highest BCUT2D eigenvalue weighted by atomic mass is 31.2. The van der Waals surface area contributed by atoms with Crippen LogP contribution in [-0.2, 0) is 13.6 Å². The first-order chi connectivity index (χ1) is 11.4. The highest BCUT2D eigenvalue weighted by Gasteiger charge is 2.26. The summed E-state index contributed by atoms with van der Waals surface area (Å²) in [5, 5.41) is 0. The molecule has 1 aromatic heterocycles.